The lowest BCUT2D eigenvalue weighted by molar-refractivity contribution is 0.137. The molecule has 0 fully saturated rings. The Kier molecular flexibility index (Phi) is 5.86. The lowest BCUT2D eigenvalue weighted by Crippen LogP contribution is -1.82. The molecular formula is C14H18O3. The Morgan fingerprint density at radius 1 is 1.00 bits per heavy atom. The highest BCUT2D eigenvalue weighted by Crippen LogP contribution is 2.25. The van der Waals surface area contributed by atoms with Gasteiger partial charge in [0.15, 0.2) is 0 Å². The lowest BCUT2D eigenvalue weighted by Gasteiger charge is -2.04. The van der Waals surface area contributed by atoms with Crippen molar-refractivity contribution in [3.05, 3.63) is 42.0 Å². The van der Waals surface area contributed by atoms with Crippen molar-refractivity contribution in [3.8, 4) is 0 Å². The molecule has 0 spiro atoms. The normalized spacial score (nSPS) is 14.9. The summed E-state index contributed by atoms with van der Waals surface area (Å²) in [6.07, 6.45) is 7.25. The minimum Gasteiger partial charge on any atom is -0.450 e. The van der Waals surface area contributed by atoms with E-state index in [0.29, 0.717) is 0 Å². The summed E-state index contributed by atoms with van der Waals surface area (Å²) in [6.45, 7) is 0. The molecule has 2 N–H and O–H groups in total. The van der Waals surface area contributed by atoms with Crippen molar-refractivity contribution in [2.24, 2.45) is 0 Å². The molecule has 1 aliphatic carbocycles. The van der Waals surface area contributed by atoms with Gasteiger partial charge in [0, 0.05) is 0 Å². The van der Waals surface area contributed by atoms with Crippen LogP contribution in [0.2, 0.25) is 0 Å². The Labute approximate surface area is 101 Å². The monoisotopic (exact) mass is 234 g/mol. The zero-order valence-corrected chi connectivity index (χ0v) is 9.80. The highest BCUT2D eigenvalue weighted by Gasteiger charge is 2.03. The topological polar surface area (TPSA) is 57.5 Å². The fourth-order valence-corrected chi connectivity index (χ4v) is 1.93. The van der Waals surface area contributed by atoms with Crippen LogP contribution in [0.25, 0.3) is 5.57 Å². The van der Waals surface area contributed by atoms with Gasteiger partial charge in [0.1, 0.15) is 0 Å². The summed E-state index contributed by atoms with van der Waals surface area (Å²) in [5.74, 6) is 0. The number of rotatable bonds is 1. The molecule has 1 aromatic carbocycles. The molecule has 92 valence electrons. The van der Waals surface area contributed by atoms with Gasteiger partial charge in [-0.3, -0.25) is 0 Å². The highest BCUT2D eigenvalue weighted by molar-refractivity contribution is 5.65. The van der Waals surface area contributed by atoms with Crippen LogP contribution < -0.4 is 0 Å². The summed E-state index contributed by atoms with van der Waals surface area (Å²) in [7, 11) is 0. The van der Waals surface area contributed by atoms with Crippen molar-refractivity contribution in [2.75, 3.05) is 0 Å². The van der Waals surface area contributed by atoms with Crippen LogP contribution in [0.15, 0.2) is 36.4 Å². The predicted octanol–water partition coefficient (Wildman–Crippen LogP) is 4.26. The van der Waals surface area contributed by atoms with E-state index in [4.69, 9.17) is 15.0 Å². The minimum atomic E-state index is -1.83. The third-order valence-electron chi connectivity index (χ3n) is 2.69. The summed E-state index contributed by atoms with van der Waals surface area (Å²) in [5, 5.41) is 13.9. The second kappa shape index (κ2) is 7.49. The molecule has 0 atom stereocenters. The zero-order valence-electron chi connectivity index (χ0n) is 9.80. The molecule has 0 aliphatic heterocycles. The molecule has 2 rings (SSSR count). The fourth-order valence-electron chi connectivity index (χ4n) is 1.93. The van der Waals surface area contributed by atoms with Crippen molar-refractivity contribution in [1.29, 1.82) is 0 Å². The number of hydrogen-bond donors (Lipinski definition) is 2. The van der Waals surface area contributed by atoms with E-state index in [-0.39, 0.29) is 0 Å². The van der Waals surface area contributed by atoms with Gasteiger partial charge < -0.3 is 10.2 Å². The number of carboxylic acid groups (broad SMARTS) is 2. The first-order chi connectivity index (χ1) is 8.20. The molecule has 0 unspecified atom stereocenters. The van der Waals surface area contributed by atoms with Gasteiger partial charge in [-0.05, 0) is 36.8 Å². The van der Waals surface area contributed by atoms with Crippen LogP contribution >= 0.6 is 0 Å². The number of benzene rings is 1. The van der Waals surface area contributed by atoms with E-state index in [2.05, 4.69) is 36.4 Å². The van der Waals surface area contributed by atoms with Gasteiger partial charge in [-0.15, -0.1) is 0 Å². The van der Waals surface area contributed by atoms with Gasteiger partial charge in [-0.1, -0.05) is 42.8 Å². The van der Waals surface area contributed by atoms with E-state index in [1.165, 1.54) is 37.7 Å². The van der Waals surface area contributed by atoms with Crippen LogP contribution in [0.4, 0.5) is 4.79 Å². The average Bonchev–Trinajstić information content (AvgIpc) is 2.58. The zero-order chi connectivity index (χ0) is 12.5. The molecule has 3 heteroatoms. The summed E-state index contributed by atoms with van der Waals surface area (Å²) in [6, 6.07) is 10.8. The second-order valence-corrected chi connectivity index (χ2v) is 3.98. The van der Waals surface area contributed by atoms with Crippen molar-refractivity contribution >= 4 is 11.7 Å². The quantitative estimate of drug-likeness (QED) is 0.763. The Morgan fingerprint density at radius 3 is 2.29 bits per heavy atom. The third kappa shape index (κ3) is 5.76. The number of hydrogen-bond acceptors (Lipinski definition) is 1. The van der Waals surface area contributed by atoms with Crippen molar-refractivity contribution in [1.82, 2.24) is 0 Å². The highest BCUT2D eigenvalue weighted by atomic mass is 16.6. The molecule has 1 aromatic rings. The molecule has 0 saturated carbocycles. The van der Waals surface area contributed by atoms with E-state index in [0.717, 1.165) is 0 Å². The van der Waals surface area contributed by atoms with Gasteiger partial charge in [0.25, 0.3) is 0 Å². The van der Waals surface area contributed by atoms with Crippen molar-refractivity contribution in [3.63, 3.8) is 0 Å². The maximum Gasteiger partial charge on any atom is 0.503 e. The summed E-state index contributed by atoms with van der Waals surface area (Å²) >= 11 is 0. The lowest BCUT2D eigenvalue weighted by atomic mass is 10.0. The summed E-state index contributed by atoms with van der Waals surface area (Å²) in [4.78, 5) is 8.56. The summed E-state index contributed by atoms with van der Waals surface area (Å²) < 4.78 is 0. The maximum atomic E-state index is 8.56. The minimum absolute atomic E-state index is 1.27. The first kappa shape index (κ1) is 13.3. The Morgan fingerprint density at radius 2 is 1.65 bits per heavy atom. The standard InChI is InChI=1S/C13H16.CH2O3/c1-2-5-9-12(8-4-1)13-10-6-3-7-11-13;2-1(3)4/h3,6-8,10-11H,1-2,4-5,9H2;(H2,2,3,4). The molecule has 0 amide bonds. The smallest absolute Gasteiger partial charge is 0.450 e. The first-order valence-corrected chi connectivity index (χ1v) is 5.86. The number of carbonyl (C=O) groups is 1. The molecular weight excluding hydrogens is 216 g/mol. The Hall–Kier alpha value is -1.77. The first-order valence-electron chi connectivity index (χ1n) is 5.86. The van der Waals surface area contributed by atoms with Crippen LogP contribution in [-0.4, -0.2) is 16.4 Å². The average molecular weight is 234 g/mol. The van der Waals surface area contributed by atoms with Crippen LogP contribution in [0.1, 0.15) is 37.7 Å². The van der Waals surface area contributed by atoms with Gasteiger partial charge in [-0.2, -0.15) is 0 Å². The van der Waals surface area contributed by atoms with Crippen molar-refractivity contribution in [2.45, 2.75) is 32.1 Å². The largest absolute Gasteiger partial charge is 0.503 e. The molecule has 0 saturated heterocycles. The molecule has 3 nitrogen and oxygen atoms in total. The maximum absolute atomic E-state index is 8.56. The van der Waals surface area contributed by atoms with Gasteiger partial charge >= 0.3 is 6.16 Å². The van der Waals surface area contributed by atoms with Gasteiger partial charge in [0.05, 0.1) is 0 Å². The SMILES string of the molecule is C1=C(c2ccccc2)CCCCC1.O=C(O)O. The molecule has 0 heterocycles. The predicted molar refractivity (Wildman–Crippen MR) is 68.2 cm³/mol. The molecule has 0 bridgehead atoms. The van der Waals surface area contributed by atoms with E-state index in [1.54, 1.807) is 5.57 Å². The third-order valence-corrected chi connectivity index (χ3v) is 2.69. The molecule has 17 heavy (non-hydrogen) atoms. The van der Waals surface area contributed by atoms with Gasteiger partial charge in [-0.25, -0.2) is 4.79 Å². The van der Waals surface area contributed by atoms with Crippen molar-refractivity contribution < 1.29 is 15.0 Å². The Bertz CT molecular complexity index is 364. The van der Waals surface area contributed by atoms with Gasteiger partial charge in [0.2, 0.25) is 0 Å². The van der Waals surface area contributed by atoms with E-state index < -0.39 is 6.16 Å². The molecule has 0 aromatic heterocycles. The Balaban J connectivity index is 0.000000317. The van der Waals surface area contributed by atoms with Crippen LogP contribution in [0.3, 0.4) is 0 Å². The molecule has 0 radical (unpaired) electrons. The van der Waals surface area contributed by atoms with E-state index >= 15 is 0 Å². The van der Waals surface area contributed by atoms with E-state index in [9.17, 15) is 0 Å². The van der Waals surface area contributed by atoms with E-state index in [1.807, 2.05) is 0 Å². The van der Waals surface area contributed by atoms with Crippen LogP contribution in [0.5, 0.6) is 0 Å². The molecule has 1 aliphatic rings. The fraction of sp³-hybridized carbons (Fsp3) is 0.357. The number of allylic oxidation sites excluding steroid dienone is 2. The summed E-state index contributed by atoms with van der Waals surface area (Å²) in [5.41, 5.74) is 2.97. The second-order valence-electron chi connectivity index (χ2n) is 3.98. The van der Waals surface area contributed by atoms with Crippen LogP contribution in [-0.2, 0) is 0 Å². The van der Waals surface area contributed by atoms with Crippen LogP contribution in [0, 0.1) is 0 Å².